The fraction of sp³-hybridized carbons (Fsp3) is 0.843. The van der Waals surface area contributed by atoms with E-state index in [0.717, 1.165) is 77.0 Å². The Balaban J connectivity index is 3.59. The molecule has 2 atom stereocenters. The van der Waals surface area contributed by atoms with Crippen LogP contribution in [-0.2, 0) is 14.3 Å². The van der Waals surface area contributed by atoms with Gasteiger partial charge in [0.1, 0.15) is 0 Å². The molecule has 0 heterocycles. The first kappa shape index (κ1) is 55.1. The molecule has 0 radical (unpaired) electrons. The maximum Gasteiger partial charge on any atom is 0.305 e. The number of esters is 1. The maximum atomic E-state index is 12.4. The van der Waals surface area contributed by atoms with Gasteiger partial charge in [-0.3, -0.25) is 9.59 Å². The number of hydrogen-bond acceptors (Lipinski definition) is 5. The second kappa shape index (κ2) is 46.8. The van der Waals surface area contributed by atoms with Crippen LogP contribution in [0.5, 0.6) is 0 Å². The molecule has 6 heteroatoms. The molecule has 0 aromatic rings. The minimum absolute atomic E-state index is 0.0476. The van der Waals surface area contributed by atoms with Gasteiger partial charge in [-0.15, -0.1) is 0 Å². The lowest BCUT2D eigenvalue weighted by Crippen LogP contribution is -2.45. The summed E-state index contributed by atoms with van der Waals surface area (Å²) in [7, 11) is 0. The Bertz CT molecular complexity index is 931. The fourth-order valence-electron chi connectivity index (χ4n) is 7.27. The number of aliphatic hydroxyl groups excluding tert-OH is 2. The molecule has 0 fully saturated rings. The van der Waals surface area contributed by atoms with Crippen molar-refractivity contribution in [3.8, 4) is 0 Å². The van der Waals surface area contributed by atoms with Gasteiger partial charge in [0, 0.05) is 12.8 Å². The highest BCUT2D eigenvalue weighted by Gasteiger charge is 2.18. The van der Waals surface area contributed by atoms with Crippen LogP contribution in [0.15, 0.2) is 36.5 Å². The van der Waals surface area contributed by atoms with Gasteiger partial charge in [0.2, 0.25) is 5.91 Å². The Labute approximate surface area is 353 Å². The summed E-state index contributed by atoms with van der Waals surface area (Å²) in [5, 5.41) is 23.0. The highest BCUT2D eigenvalue weighted by Crippen LogP contribution is 2.15. The largest absolute Gasteiger partial charge is 0.466 e. The third-order valence-electron chi connectivity index (χ3n) is 11.1. The lowest BCUT2D eigenvalue weighted by molar-refractivity contribution is -0.143. The van der Waals surface area contributed by atoms with Crippen molar-refractivity contribution in [2.45, 2.75) is 264 Å². The van der Waals surface area contributed by atoms with Crippen molar-refractivity contribution in [2.75, 3.05) is 13.2 Å². The van der Waals surface area contributed by atoms with E-state index in [0.29, 0.717) is 19.4 Å². The summed E-state index contributed by atoms with van der Waals surface area (Å²) < 4.78 is 5.42. The zero-order valence-electron chi connectivity index (χ0n) is 37.8. The summed E-state index contributed by atoms with van der Waals surface area (Å²) >= 11 is 0. The predicted octanol–water partition coefficient (Wildman–Crippen LogP) is 14.5. The quantitative estimate of drug-likeness (QED) is 0.0324. The van der Waals surface area contributed by atoms with E-state index in [1.807, 2.05) is 6.08 Å². The van der Waals surface area contributed by atoms with Gasteiger partial charge in [-0.2, -0.15) is 0 Å². The Morgan fingerprint density at radius 1 is 0.474 bits per heavy atom. The van der Waals surface area contributed by atoms with E-state index in [1.165, 1.54) is 148 Å². The van der Waals surface area contributed by atoms with Crippen molar-refractivity contribution in [1.82, 2.24) is 5.32 Å². The summed E-state index contributed by atoms with van der Waals surface area (Å²) in [4.78, 5) is 24.4. The first-order valence-corrected chi connectivity index (χ1v) is 24.8. The van der Waals surface area contributed by atoms with Gasteiger partial charge < -0.3 is 20.3 Å². The Hall–Kier alpha value is -1.92. The first-order chi connectivity index (χ1) is 28.0. The van der Waals surface area contributed by atoms with E-state index in [2.05, 4.69) is 43.5 Å². The number of allylic oxidation sites excluding steroid dienone is 5. The third-order valence-corrected chi connectivity index (χ3v) is 11.1. The second-order valence-electron chi connectivity index (χ2n) is 16.8. The molecule has 0 bridgehead atoms. The standard InChI is InChI=1S/C51H95NO5/c1-3-5-7-9-11-13-15-17-19-20-21-23-27-31-35-39-43-49(54)48(47-53)52-50(55)44-40-36-32-28-25-26-30-34-38-42-46-57-51(56)45-41-37-33-29-24-22-18-16-14-12-10-8-6-4-2/h16,18,26,30,39,43,48-49,53-54H,3-15,17,19-25,27-29,31-38,40-42,44-47H2,1-2H3,(H,52,55)/b18-16-,30-26-,43-39+. The van der Waals surface area contributed by atoms with E-state index in [1.54, 1.807) is 6.08 Å². The molecular formula is C51H95NO5. The van der Waals surface area contributed by atoms with Gasteiger partial charge in [-0.05, 0) is 83.5 Å². The molecule has 0 aliphatic rings. The molecular weight excluding hydrogens is 707 g/mol. The van der Waals surface area contributed by atoms with Gasteiger partial charge in [0.25, 0.3) is 0 Å². The maximum absolute atomic E-state index is 12.4. The van der Waals surface area contributed by atoms with Crippen LogP contribution in [0.2, 0.25) is 0 Å². The van der Waals surface area contributed by atoms with Crippen molar-refractivity contribution in [1.29, 1.82) is 0 Å². The Morgan fingerprint density at radius 3 is 1.25 bits per heavy atom. The van der Waals surface area contributed by atoms with Crippen molar-refractivity contribution >= 4 is 11.9 Å². The van der Waals surface area contributed by atoms with Crippen LogP contribution < -0.4 is 5.32 Å². The molecule has 0 rings (SSSR count). The van der Waals surface area contributed by atoms with Gasteiger partial charge in [-0.25, -0.2) is 0 Å². The van der Waals surface area contributed by atoms with E-state index < -0.39 is 12.1 Å². The normalized spacial score (nSPS) is 13.0. The van der Waals surface area contributed by atoms with Gasteiger partial charge in [-0.1, -0.05) is 192 Å². The minimum Gasteiger partial charge on any atom is -0.466 e. The molecule has 3 N–H and O–H groups in total. The molecule has 0 aliphatic heterocycles. The third kappa shape index (κ3) is 43.5. The molecule has 0 aromatic carbocycles. The molecule has 334 valence electrons. The highest BCUT2D eigenvalue weighted by molar-refractivity contribution is 5.76. The molecule has 0 aromatic heterocycles. The van der Waals surface area contributed by atoms with E-state index in [-0.39, 0.29) is 18.5 Å². The Kier molecular flexibility index (Phi) is 45.2. The molecule has 57 heavy (non-hydrogen) atoms. The molecule has 0 saturated carbocycles. The monoisotopic (exact) mass is 802 g/mol. The van der Waals surface area contributed by atoms with Crippen LogP contribution in [0.25, 0.3) is 0 Å². The van der Waals surface area contributed by atoms with Crippen LogP contribution in [0, 0.1) is 0 Å². The minimum atomic E-state index is -0.866. The van der Waals surface area contributed by atoms with E-state index in [4.69, 9.17) is 4.74 Å². The first-order valence-electron chi connectivity index (χ1n) is 24.8. The molecule has 6 nitrogen and oxygen atoms in total. The Morgan fingerprint density at radius 2 is 0.825 bits per heavy atom. The van der Waals surface area contributed by atoms with Crippen LogP contribution in [0.3, 0.4) is 0 Å². The van der Waals surface area contributed by atoms with Crippen molar-refractivity contribution < 1.29 is 24.5 Å². The highest BCUT2D eigenvalue weighted by atomic mass is 16.5. The number of unbranched alkanes of at least 4 members (excludes halogenated alkanes) is 30. The summed E-state index contributed by atoms with van der Waals surface area (Å²) in [6.07, 6.45) is 55.7. The SMILES string of the molecule is CCCCCCC/C=C\CCCCCCCC(=O)OCCCC/C=C\CCCCCCC(=O)NC(CO)C(O)/C=C/CCCCCCCCCCCCCCCC. The molecule has 2 unspecified atom stereocenters. The van der Waals surface area contributed by atoms with E-state index >= 15 is 0 Å². The number of nitrogens with one attached hydrogen (secondary N) is 1. The number of ether oxygens (including phenoxy) is 1. The fourth-order valence-corrected chi connectivity index (χ4v) is 7.27. The van der Waals surface area contributed by atoms with Crippen LogP contribution in [0.4, 0.5) is 0 Å². The number of amides is 1. The lowest BCUT2D eigenvalue weighted by atomic mass is 10.0. The summed E-state index contributed by atoms with van der Waals surface area (Å²) in [6.45, 7) is 4.79. The lowest BCUT2D eigenvalue weighted by Gasteiger charge is -2.20. The number of aliphatic hydroxyl groups is 2. The molecule has 0 spiro atoms. The zero-order valence-corrected chi connectivity index (χ0v) is 37.8. The zero-order chi connectivity index (χ0) is 41.5. The van der Waals surface area contributed by atoms with Gasteiger partial charge in [0.15, 0.2) is 0 Å². The summed E-state index contributed by atoms with van der Waals surface area (Å²) in [5.41, 5.74) is 0. The number of rotatable bonds is 45. The van der Waals surface area contributed by atoms with Gasteiger partial charge in [0.05, 0.1) is 25.4 Å². The number of hydrogen-bond donors (Lipinski definition) is 3. The van der Waals surface area contributed by atoms with Crippen LogP contribution in [0.1, 0.15) is 251 Å². The van der Waals surface area contributed by atoms with Crippen molar-refractivity contribution in [3.63, 3.8) is 0 Å². The average molecular weight is 802 g/mol. The van der Waals surface area contributed by atoms with Crippen LogP contribution >= 0.6 is 0 Å². The van der Waals surface area contributed by atoms with Crippen molar-refractivity contribution in [3.05, 3.63) is 36.5 Å². The molecule has 0 saturated heterocycles. The second-order valence-corrected chi connectivity index (χ2v) is 16.8. The molecule has 1 amide bonds. The number of carbonyl (C=O) groups excluding carboxylic acids is 2. The molecule has 0 aliphatic carbocycles. The predicted molar refractivity (Wildman–Crippen MR) is 246 cm³/mol. The van der Waals surface area contributed by atoms with Crippen LogP contribution in [-0.4, -0.2) is 47.4 Å². The number of carbonyl (C=O) groups is 2. The topological polar surface area (TPSA) is 95.9 Å². The average Bonchev–Trinajstić information content (AvgIpc) is 3.21. The summed E-state index contributed by atoms with van der Waals surface area (Å²) in [5.74, 6) is -0.152. The van der Waals surface area contributed by atoms with E-state index in [9.17, 15) is 19.8 Å². The summed E-state index contributed by atoms with van der Waals surface area (Å²) in [6, 6.07) is -0.653. The van der Waals surface area contributed by atoms with Gasteiger partial charge >= 0.3 is 5.97 Å². The van der Waals surface area contributed by atoms with Crippen molar-refractivity contribution in [2.24, 2.45) is 0 Å². The smallest absolute Gasteiger partial charge is 0.305 e.